The highest BCUT2D eigenvalue weighted by atomic mass is 35.5. The highest BCUT2D eigenvalue weighted by Crippen LogP contribution is 2.45. The van der Waals surface area contributed by atoms with E-state index in [1.807, 2.05) is 36.2 Å². The average molecular weight is 296 g/mol. The molecule has 0 aromatic heterocycles. The monoisotopic (exact) mass is 295 g/mol. The predicted molar refractivity (Wildman–Crippen MR) is 77.4 cm³/mol. The fourth-order valence-corrected chi connectivity index (χ4v) is 3.64. The Hall–Kier alpha value is -1.39. The second-order valence-corrected chi connectivity index (χ2v) is 5.73. The van der Waals surface area contributed by atoms with Crippen molar-refractivity contribution in [1.29, 1.82) is 0 Å². The zero-order chi connectivity index (χ0) is 13.6. The molecule has 4 nitrogen and oxygen atoms in total. The van der Waals surface area contributed by atoms with E-state index in [-0.39, 0.29) is 18.2 Å². The standard InChI is InChI=1S/C15H17NO3.ClH/c1-16-8-12(14(18)19)15(9-16)7-6-10-4-2-3-5-11(10)13(15)17;/h2-5,12H,6-9H2,1H3,(H,18,19);1H. The number of ketones is 1. The number of carboxylic acids is 1. The van der Waals surface area contributed by atoms with E-state index in [2.05, 4.69) is 0 Å². The summed E-state index contributed by atoms with van der Waals surface area (Å²) in [6, 6.07) is 7.58. The van der Waals surface area contributed by atoms with E-state index < -0.39 is 17.3 Å². The molecule has 0 radical (unpaired) electrons. The van der Waals surface area contributed by atoms with E-state index in [1.54, 1.807) is 0 Å². The molecule has 1 saturated heterocycles. The van der Waals surface area contributed by atoms with Gasteiger partial charge < -0.3 is 10.0 Å². The Kier molecular flexibility index (Phi) is 3.89. The number of aliphatic carboxylic acids is 1. The maximum Gasteiger partial charge on any atom is 0.308 e. The van der Waals surface area contributed by atoms with Gasteiger partial charge in [-0.25, -0.2) is 0 Å². The molecule has 1 aliphatic carbocycles. The summed E-state index contributed by atoms with van der Waals surface area (Å²) in [5, 5.41) is 9.44. The van der Waals surface area contributed by atoms with Crippen LogP contribution in [0, 0.1) is 11.3 Å². The summed E-state index contributed by atoms with van der Waals surface area (Å²) < 4.78 is 0. The fraction of sp³-hybridized carbons (Fsp3) is 0.467. The third kappa shape index (κ3) is 2.03. The van der Waals surface area contributed by atoms with Gasteiger partial charge in [-0.1, -0.05) is 24.3 Å². The van der Waals surface area contributed by atoms with E-state index in [9.17, 15) is 14.7 Å². The van der Waals surface area contributed by atoms with Gasteiger partial charge in [-0.2, -0.15) is 0 Å². The van der Waals surface area contributed by atoms with E-state index in [0.29, 0.717) is 19.5 Å². The van der Waals surface area contributed by atoms with Gasteiger partial charge in [-0.3, -0.25) is 9.59 Å². The SMILES string of the molecule is CN1CC(C(=O)O)C2(CCc3ccccc3C2=O)C1.Cl. The molecule has 0 saturated carbocycles. The Morgan fingerprint density at radius 1 is 1.40 bits per heavy atom. The third-order valence-corrected chi connectivity index (χ3v) is 4.57. The summed E-state index contributed by atoms with van der Waals surface area (Å²) in [6.45, 7) is 1.01. The van der Waals surface area contributed by atoms with Crippen molar-refractivity contribution in [2.24, 2.45) is 11.3 Å². The molecule has 1 fully saturated rings. The van der Waals surface area contributed by atoms with Gasteiger partial charge in [0.1, 0.15) is 0 Å². The summed E-state index contributed by atoms with van der Waals surface area (Å²) in [7, 11) is 1.89. The highest BCUT2D eigenvalue weighted by Gasteiger charge is 2.55. The molecular formula is C15H18ClNO3. The highest BCUT2D eigenvalue weighted by molar-refractivity contribution is 6.05. The molecule has 1 aromatic carbocycles. The Morgan fingerprint density at radius 3 is 2.80 bits per heavy atom. The number of aryl methyl sites for hydroxylation is 1. The summed E-state index contributed by atoms with van der Waals surface area (Å²) >= 11 is 0. The Morgan fingerprint density at radius 2 is 2.10 bits per heavy atom. The minimum absolute atomic E-state index is 0. The van der Waals surface area contributed by atoms with Crippen molar-refractivity contribution in [3.8, 4) is 0 Å². The molecule has 108 valence electrons. The van der Waals surface area contributed by atoms with Crippen LogP contribution in [-0.2, 0) is 11.2 Å². The van der Waals surface area contributed by atoms with Gasteiger partial charge in [0.15, 0.2) is 5.78 Å². The largest absolute Gasteiger partial charge is 0.481 e. The molecule has 3 rings (SSSR count). The smallest absolute Gasteiger partial charge is 0.308 e. The maximum absolute atomic E-state index is 12.8. The number of halogens is 1. The van der Waals surface area contributed by atoms with Gasteiger partial charge in [0.05, 0.1) is 11.3 Å². The van der Waals surface area contributed by atoms with Gasteiger partial charge in [-0.05, 0) is 25.5 Å². The molecule has 0 bridgehead atoms. The van der Waals surface area contributed by atoms with Crippen LogP contribution < -0.4 is 0 Å². The second-order valence-electron chi connectivity index (χ2n) is 5.73. The first kappa shape index (κ1) is 15.0. The molecule has 2 unspecified atom stereocenters. The number of fused-ring (bicyclic) bond motifs is 1. The van der Waals surface area contributed by atoms with E-state index in [4.69, 9.17) is 0 Å². The van der Waals surface area contributed by atoms with Gasteiger partial charge >= 0.3 is 5.97 Å². The first-order chi connectivity index (χ1) is 9.04. The van der Waals surface area contributed by atoms with Crippen LogP contribution in [0.1, 0.15) is 22.3 Å². The summed E-state index contributed by atoms with van der Waals surface area (Å²) in [6.07, 6.45) is 1.43. The zero-order valence-corrected chi connectivity index (χ0v) is 12.2. The van der Waals surface area contributed by atoms with Crippen molar-refractivity contribution < 1.29 is 14.7 Å². The van der Waals surface area contributed by atoms with Crippen molar-refractivity contribution in [3.05, 3.63) is 35.4 Å². The van der Waals surface area contributed by atoms with Crippen LogP contribution in [-0.4, -0.2) is 41.9 Å². The van der Waals surface area contributed by atoms with Crippen molar-refractivity contribution in [1.82, 2.24) is 4.90 Å². The molecule has 1 aliphatic heterocycles. The number of benzene rings is 1. The van der Waals surface area contributed by atoms with E-state index in [0.717, 1.165) is 17.5 Å². The lowest BCUT2D eigenvalue weighted by atomic mass is 9.65. The lowest BCUT2D eigenvalue weighted by molar-refractivity contribution is -0.144. The van der Waals surface area contributed by atoms with Crippen molar-refractivity contribution in [2.45, 2.75) is 12.8 Å². The Bertz CT molecular complexity index is 560. The number of hydrogen-bond donors (Lipinski definition) is 1. The van der Waals surface area contributed by atoms with Crippen LogP contribution in [0.2, 0.25) is 0 Å². The number of carbonyl (C=O) groups excluding carboxylic acids is 1. The topological polar surface area (TPSA) is 57.6 Å². The average Bonchev–Trinajstić information content (AvgIpc) is 2.73. The van der Waals surface area contributed by atoms with E-state index >= 15 is 0 Å². The molecule has 20 heavy (non-hydrogen) atoms. The number of carboxylic acid groups (broad SMARTS) is 1. The molecule has 0 amide bonds. The lowest BCUT2D eigenvalue weighted by Gasteiger charge is -2.35. The lowest BCUT2D eigenvalue weighted by Crippen LogP contribution is -2.45. The molecular weight excluding hydrogens is 278 g/mol. The Balaban J connectivity index is 0.00000147. The molecule has 1 aromatic rings. The predicted octanol–water partition coefficient (Wildman–Crippen LogP) is 1.87. The number of carbonyl (C=O) groups is 2. The molecule has 1 heterocycles. The fourth-order valence-electron chi connectivity index (χ4n) is 3.64. The number of rotatable bonds is 1. The van der Waals surface area contributed by atoms with Crippen LogP contribution in [0.4, 0.5) is 0 Å². The summed E-state index contributed by atoms with van der Waals surface area (Å²) in [5.74, 6) is -1.42. The molecule has 1 N–H and O–H groups in total. The molecule has 2 atom stereocenters. The molecule has 1 spiro atoms. The van der Waals surface area contributed by atoms with Crippen LogP contribution >= 0.6 is 12.4 Å². The summed E-state index contributed by atoms with van der Waals surface area (Å²) in [5.41, 5.74) is 1.04. The first-order valence-corrected chi connectivity index (χ1v) is 6.59. The normalized spacial score (nSPS) is 29.1. The van der Waals surface area contributed by atoms with Gasteiger partial charge in [0.2, 0.25) is 0 Å². The quantitative estimate of drug-likeness (QED) is 0.859. The molecule has 2 aliphatic rings. The number of nitrogens with zero attached hydrogens (tertiary/aromatic N) is 1. The van der Waals surface area contributed by atoms with Crippen LogP contribution in [0.3, 0.4) is 0 Å². The molecule has 5 heteroatoms. The minimum Gasteiger partial charge on any atom is -0.481 e. The van der Waals surface area contributed by atoms with E-state index in [1.165, 1.54) is 0 Å². The van der Waals surface area contributed by atoms with Gasteiger partial charge in [-0.15, -0.1) is 12.4 Å². The Labute approximate surface area is 124 Å². The second kappa shape index (κ2) is 5.19. The van der Waals surface area contributed by atoms with Crippen LogP contribution in [0.25, 0.3) is 0 Å². The van der Waals surface area contributed by atoms with Crippen molar-refractivity contribution in [2.75, 3.05) is 20.1 Å². The number of hydrogen-bond acceptors (Lipinski definition) is 3. The van der Waals surface area contributed by atoms with Crippen LogP contribution in [0.15, 0.2) is 24.3 Å². The number of likely N-dealkylation sites (tertiary alicyclic amines) is 1. The third-order valence-electron chi connectivity index (χ3n) is 4.57. The van der Waals surface area contributed by atoms with Gasteiger partial charge in [0.25, 0.3) is 0 Å². The minimum atomic E-state index is -0.850. The van der Waals surface area contributed by atoms with Crippen LogP contribution in [0.5, 0.6) is 0 Å². The summed E-state index contributed by atoms with van der Waals surface area (Å²) in [4.78, 5) is 26.3. The van der Waals surface area contributed by atoms with Gasteiger partial charge in [0, 0.05) is 18.7 Å². The van der Waals surface area contributed by atoms with Crippen molar-refractivity contribution >= 4 is 24.2 Å². The zero-order valence-electron chi connectivity index (χ0n) is 11.3. The van der Waals surface area contributed by atoms with Crippen molar-refractivity contribution in [3.63, 3.8) is 0 Å². The number of Topliss-reactive ketones (excluding diaryl/α,β-unsaturated/α-hetero) is 1. The maximum atomic E-state index is 12.8. The first-order valence-electron chi connectivity index (χ1n) is 6.59.